The molecule has 0 atom stereocenters. The maximum atomic E-state index is 13.8. The van der Waals surface area contributed by atoms with Crippen molar-refractivity contribution in [2.45, 2.75) is 6.92 Å². The Labute approximate surface area is 183 Å². The van der Waals surface area contributed by atoms with E-state index in [0.717, 1.165) is 16.9 Å². The number of anilines is 1. The number of aromatic nitrogens is 2. The van der Waals surface area contributed by atoms with Crippen LogP contribution in [0.15, 0.2) is 71.3 Å². The van der Waals surface area contributed by atoms with Gasteiger partial charge in [0, 0.05) is 11.1 Å². The molecule has 1 aromatic heterocycles. The van der Waals surface area contributed by atoms with Crippen LogP contribution in [-0.4, -0.2) is 29.8 Å². The van der Waals surface area contributed by atoms with Crippen LogP contribution in [0.3, 0.4) is 0 Å². The van der Waals surface area contributed by atoms with E-state index < -0.39 is 11.7 Å². The predicted molar refractivity (Wildman–Crippen MR) is 117 cm³/mol. The molecule has 7 nitrogen and oxygen atoms in total. The van der Waals surface area contributed by atoms with Crippen molar-refractivity contribution in [1.29, 1.82) is 0 Å². The lowest BCUT2D eigenvalue weighted by atomic mass is 10.2. The van der Waals surface area contributed by atoms with Gasteiger partial charge in [0.1, 0.15) is 17.3 Å². The highest BCUT2D eigenvalue weighted by molar-refractivity contribution is 5.92. The molecule has 3 aromatic carbocycles. The van der Waals surface area contributed by atoms with Gasteiger partial charge in [0.2, 0.25) is 5.82 Å². The van der Waals surface area contributed by atoms with Gasteiger partial charge in [0.25, 0.3) is 11.8 Å². The number of carbonyl (C=O) groups is 1. The number of nitrogens with zero attached hydrogens (tertiary/aromatic N) is 2. The van der Waals surface area contributed by atoms with E-state index in [0.29, 0.717) is 23.0 Å². The van der Waals surface area contributed by atoms with Crippen molar-refractivity contribution in [2.75, 3.05) is 19.0 Å². The summed E-state index contributed by atoms with van der Waals surface area (Å²) in [5.41, 5.74) is 2.47. The standard InChI is InChI=1S/C24H20FN3O4/c1-15-3-12-20(25)21(13-15)26-22(29)14-31-19-10-6-17(7-11-19)24-27-23(28-32-24)16-4-8-18(30-2)9-5-16/h3-13H,14H2,1-2H3,(H,26,29). The van der Waals surface area contributed by atoms with Gasteiger partial charge in [-0.25, -0.2) is 4.39 Å². The van der Waals surface area contributed by atoms with Crippen molar-refractivity contribution in [3.05, 3.63) is 78.1 Å². The molecule has 0 bridgehead atoms. The molecule has 0 aliphatic heterocycles. The Balaban J connectivity index is 1.36. The summed E-state index contributed by atoms with van der Waals surface area (Å²) < 4.78 is 29.7. The first kappa shape index (κ1) is 21.0. The van der Waals surface area contributed by atoms with Crippen LogP contribution in [0.1, 0.15) is 5.56 Å². The normalized spacial score (nSPS) is 10.6. The number of hydrogen-bond donors (Lipinski definition) is 1. The van der Waals surface area contributed by atoms with Crippen molar-refractivity contribution in [2.24, 2.45) is 0 Å². The number of nitrogens with one attached hydrogen (secondary N) is 1. The quantitative estimate of drug-likeness (QED) is 0.447. The number of aryl methyl sites for hydroxylation is 1. The molecular formula is C24H20FN3O4. The largest absolute Gasteiger partial charge is 0.497 e. The van der Waals surface area contributed by atoms with Crippen molar-refractivity contribution in [3.8, 4) is 34.3 Å². The summed E-state index contributed by atoms with van der Waals surface area (Å²) in [6, 6.07) is 18.7. The number of halogens is 1. The van der Waals surface area contributed by atoms with Gasteiger partial charge >= 0.3 is 0 Å². The highest BCUT2D eigenvalue weighted by atomic mass is 19.1. The van der Waals surface area contributed by atoms with Crippen molar-refractivity contribution >= 4 is 11.6 Å². The van der Waals surface area contributed by atoms with Crippen molar-refractivity contribution in [1.82, 2.24) is 10.1 Å². The molecule has 0 saturated heterocycles. The molecule has 0 unspecified atom stereocenters. The monoisotopic (exact) mass is 433 g/mol. The van der Waals surface area contributed by atoms with E-state index in [2.05, 4.69) is 15.5 Å². The van der Waals surface area contributed by atoms with Gasteiger partial charge in [0.05, 0.1) is 12.8 Å². The highest BCUT2D eigenvalue weighted by Gasteiger charge is 2.12. The Morgan fingerprint density at radius 1 is 1.00 bits per heavy atom. The van der Waals surface area contributed by atoms with E-state index in [-0.39, 0.29) is 12.3 Å². The van der Waals surface area contributed by atoms with E-state index in [1.807, 2.05) is 31.2 Å². The molecule has 0 aliphatic carbocycles. The Morgan fingerprint density at radius 3 is 2.41 bits per heavy atom. The summed E-state index contributed by atoms with van der Waals surface area (Å²) >= 11 is 0. The first-order valence-electron chi connectivity index (χ1n) is 9.79. The zero-order chi connectivity index (χ0) is 22.5. The lowest BCUT2D eigenvalue weighted by Crippen LogP contribution is -2.20. The van der Waals surface area contributed by atoms with Gasteiger partial charge in [-0.2, -0.15) is 4.98 Å². The molecule has 162 valence electrons. The van der Waals surface area contributed by atoms with Gasteiger partial charge in [-0.15, -0.1) is 0 Å². The minimum absolute atomic E-state index is 0.123. The molecule has 8 heteroatoms. The minimum atomic E-state index is -0.498. The average Bonchev–Trinajstić information content (AvgIpc) is 3.31. The van der Waals surface area contributed by atoms with Crippen molar-refractivity contribution < 1.29 is 23.2 Å². The second-order valence-corrected chi connectivity index (χ2v) is 7.00. The van der Waals surface area contributed by atoms with Crippen LogP contribution in [0, 0.1) is 12.7 Å². The molecule has 0 spiro atoms. The van der Waals surface area contributed by atoms with Gasteiger partial charge in [-0.3, -0.25) is 4.79 Å². The van der Waals surface area contributed by atoms with Crippen LogP contribution in [0.25, 0.3) is 22.8 Å². The SMILES string of the molecule is COc1ccc(-c2noc(-c3ccc(OCC(=O)Nc4cc(C)ccc4F)cc3)n2)cc1. The molecule has 4 aromatic rings. The lowest BCUT2D eigenvalue weighted by molar-refractivity contribution is -0.118. The molecule has 0 saturated carbocycles. The van der Waals surface area contributed by atoms with Gasteiger partial charge in [-0.1, -0.05) is 11.2 Å². The molecule has 0 radical (unpaired) electrons. The minimum Gasteiger partial charge on any atom is -0.497 e. The van der Waals surface area contributed by atoms with Gasteiger partial charge in [0.15, 0.2) is 6.61 Å². The van der Waals surface area contributed by atoms with Crippen LogP contribution < -0.4 is 14.8 Å². The predicted octanol–water partition coefficient (Wildman–Crippen LogP) is 4.88. The second-order valence-electron chi connectivity index (χ2n) is 7.00. The number of hydrogen-bond acceptors (Lipinski definition) is 6. The maximum Gasteiger partial charge on any atom is 0.262 e. The van der Waals surface area contributed by atoms with Gasteiger partial charge < -0.3 is 19.3 Å². The fourth-order valence-corrected chi connectivity index (χ4v) is 2.96. The summed E-state index contributed by atoms with van der Waals surface area (Å²) in [5, 5.41) is 6.52. The second kappa shape index (κ2) is 9.30. The van der Waals surface area contributed by atoms with Crippen LogP contribution in [0.4, 0.5) is 10.1 Å². The third kappa shape index (κ3) is 4.92. The number of ether oxygens (including phenoxy) is 2. The Morgan fingerprint density at radius 2 is 1.69 bits per heavy atom. The Kier molecular flexibility index (Phi) is 6.12. The lowest BCUT2D eigenvalue weighted by Gasteiger charge is -2.09. The number of methoxy groups -OCH3 is 1. The van der Waals surface area contributed by atoms with Gasteiger partial charge in [-0.05, 0) is 73.2 Å². The van der Waals surface area contributed by atoms with E-state index >= 15 is 0 Å². The van der Waals surface area contributed by atoms with Crippen LogP contribution >= 0.6 is 0 Å². The summed E-state index contributed by atoms with van der Waals surface area (Å²) in [7, 11) is 1.60. The van der Waals surface area contributed by atoms with Crippen molar-refractivity contribution in [3.63, 3.8) is 0 Å². The number of benzene rings is 3. The van der Waals surface area contributed by atoms with E-state index in [4.69, 9.17) is 14.0 Å². The number of carbonyl (C=O) groups excluding carboxylic acids is 1. The number of amides is 1. The summed E-state index contributed by atoms with van der Waals surface area (Å²) in [6.07, 6.45) is 0. The fraction of sp³-hybridized carbons (Fsp3) is 0.125. The zero-order valence-corrected chi connectivity index (χ0v) is 17.5. The van der Waals surface area contributed by atoms with E-state index in [9.17, 15) is 9.18 Å². The Hall–Kier alpha value is -4.20. The zero-order valence-electron chi connectivity index (χ0n) is 17.5. The third-order valence-corrected chi connectivity index (χ3v) is 4.64. The molecule has 1 N–H and O–H groups in total. The molecule has 32 heavy (non-hydrogen) atoms. The fourth-order valence-electron chi connectivity index (χ4n) is 2.96. The molecular weight excluding hydrogens is 413 g/mol. The van der Waals surface area contributed by atoms with Crippen LogP contribution in [0.2, 0.25) is 0 Å². The summed E-state index contributed by atoms with van der Waals surface area (Å²) in [4.78, 5) is 16.5. The smallest absolute Gasteiger partial charge is 0.262 e. The maximum absolute atomic E-state index is 13.8. The summed E-state index contributed by atoms with van der Waals surface area (Å²) in [6.45, 7) is 1.56. The number of rotatable bonds is 7. The molecule has 4 rings (SSSR count). The molecule has 0 aliphatic rings. The molecule has 1 amide bonds. The summed E-state index contributed by atoms with van der Waals surface area (Å²) in [5.74, 6) is 1.08. The van der Waals surface area contributed by atoms with Crippen LogP contribution in [0.5, 0.6) is 11.5 Å². The average molecular weight is 433 g/mol. The Bertz CT molecular complexity index is 1220. The topological polar surface area (TPSA) is 86.5 Å². The first-order chi connectivity index (χ1) is 15.5. The van der Waals surface area contributed by atoms with Crippen LogP contribution in [-0.2, 0) is 4.79 Å². The molecule has 0 fully saturated rings. The third-order valence-electron chi connectivity index (χ3n) is 4.64. The van der Waals surface area contributed by atoms with E-state index in [1.165, 1.54) is 6.07 Å². The highest BCUT2D eigenvalue weighted by Crippen LogP contribution is 2.25. The molecule has 1 heterocycles. The first-order valence-corrected chi connectivity index (χ1v) is 9.79. The van der Waals surface area contributed by atoms with E-state index in [1.54, 1.807) is 43.5 Å².